The second-order valence-electron chi connectivity index (χ2n) is 3.73. The number of amides is 1. The van der Waals surface area contributed by atoms with Crippen molar-refractivity contribution in [1.82, 2.24) is 15.5 Å². The van der Waals surface area contributed by atoms with Crippen molar-refractivity contribution in [2.24, 2.45) is 0 Å². The molecule has 1 aromatic rings. The van der Waals surface area contributed by atoms with Crippen molar-refractivity contribution in [3.8, 4) is 0 Å². The average molecular weight is 292 g/mol. The largest absolute Gasteiger partial charge is 0.349 e. The molecule has 0 spiro atoms. The summed E-state index contributed by atoms with van der Waals surface area (Å²) in [7, 11) is 0. The predicted molar refractivity (Wildman–Crippen MR) is 69.9 cm³/mol. The zero-order valence-electron chi connectivity index (χ0n) is 8.95. The molecule has 0 bridgehead atoms. The summed E-state index contributed by atoms with van der Waals surface area (Å²) in [5.41, 5.74) is 0.282. The van der Waals surface area contributed by atoms with E-state index >= 15 is 0 Å². The molecular formula is C10H11Cl2N3OS. The molecule has 0 aliphatic carbocycles. The van der Waals surface area contributed by atoms with Gasteiger partial charge in [0, 0.05) is 6.04 Å². The third-order valence-corrected chi connectivity index (χ3v) is 4.03. The molecule has 1 aliphatic rings. The normalized spacial score (nSPS) is 16.8. The van der Waals surface area contributed by atoms with Gasteiger partial charge in [0.2, 0.25) is 0 Å². The van der Waals surface area contributed by atoms with Crippen molar-refractivity contribution in [2.75, 3.05) is 11.5 Å². The first-order chi connectivity index (χ1) is 8.16. The Bertz CT molecular complexity index is 424. The molecule has 1 fully saturated rings. The van der Waals surface area contributed by atoms with Gasteiger partial charge in [0.15, 0.2) is 10.3 Å². The molecule has 1 aliphatic heterocycles. The highest BCUT2D eigenvalue weighted by Crippen LogP contribution is 2.19. The molecule has 1 aromatic heterocycles. The van der Waals surface area contributed by atoms with E-state index in [0.717, 1.165) is 24.3 Å². The number of nitrogens with zero attached hydrogens (tertiary/aromatic N) is 2. The van der Waals surface area contributed by atoms with E-state index in [1.54, 1.807) is 0 Å². The lowest BCUT2D eigenvalue weighted by Crippen LogP contribution is -2.37. The molecule has 1 saturated heterocycles. The van der Waals surface area contributed by atoms with Crippen molar-refractivity contribution >= 4 is 40.9 Å². The van der Waals surface area contributed by atoms with Crippen LogP contribution in [0.25, 0.3) is 0 Å². The number of carbonyl (C=O) groups excluding carboxylic acids is 1. The number of halogens is 2. The third kappa shape index (κ3) is 3.47. The van der Waals surface area contributed by atoms with E-state index in [2.05, 4.69) is 15.5 Å². The third-order valence-electron chi connectivity index (χ3n) is 2.52. The minimum absolute atomic E-state index is 0.0806. The molecule has 0 unspecified atom stereocenters. The smallest absolute Gasteiger partial charge is 0.254 e. The average Bonchev–Trinajstić information content (AvgIpc) is 2.33. The van der Waals surface area contributed by atoms with Gasteiger partial charge < -0.3 is 5.32 Å². The molecule has 7 heteroatoms. The molecule has 1 N–H and O–H groups in total. The second-order valence-corrected chi connectivity index (χ2v) is 5.70. The molecule has 0 atom stereocenters. The van der Waals surface area contributed by atoms with E-state index in [1.807, 2.05) is 11.8 Å². The fraction of sp³-hybridized carbons (Fsp3) is 0.500. The summed E-state index contributed by atoms with van der Waals surface area (Å²) in [5.74, 6) is 1.92. The van der Waals surface area contributed by atoms with E-state index < -0.39 is 0 Å². The van der Waals surface area contributed by atoms with Crippen LogP contribution in [0.1, 0.15) is 23.2 Å². The maximum atomic E-state index is 12.0. The Balaban J connectivity index is 2.05. The van der Waals surface area contributed by atoms with Crippen molar-refractivity contribution in [3.05, 3.63) is 21.9 Å². The van der Waals surface area contributed by atoms with Crippen LogP contribution in [0.5, 0.6) is 0 Å². The highest BCUT2D eigenvalue weighted by molar-refractivity contribution is 7.99. The number of rotatable bonds is 2. The van der Waals surface area contributed by atoms with Gasteiger partial charge in [-0.3, -0.25) is 4.79 Å². The van der Waals surface area contributed by atoms with Gasteiger partial charge in [-0.15, -0.1) is 10.2 Å². The summed E-state index contributed by atoms with van der Waals surface area (Å²) in [4.78, 5) is 12.0. The monoisotopic (exact) mass is 291 g/mol. The van der Waals surface area contributed by atoms with Crippen LogP contribution in [-0.4, -0.2) is 33.7 Å². The first-order valence-electron chi connectivity index (χ1n) is 5.24. The number of carbonyl (C=O) groups is 1. The Morgan fingerprint density at radius 1 is 1.35 bits per heavy atom. The lowest BCUT2D eigenvalue weighted by molar-refractivity contribution is 0.0934. The van der Waals surface area contributed by atoms with Crippen LogP contribution in [0.15, 0.2) is 6.07 Å². The Labute approximate surface area is 113 Å². The molecule has 0 radical (unpaired) electrons. The quantitative estimate of drug-likeness (QED) is 0.909. The number of nitrogens with one attached hydrogen (secondary N) is 1. The molecule has 92 valence electrons. The van der Waals surface area contributed by atoms with Gasteiger partial charge in [-0.1, -0.05) is 23.2 Å². The maximum Gasteiger partial charge on any atom is 0.254 e. The van der Waals surface area contributed by atoms with Gasteiger partial charge in [-0.25, -0.2) is 0 Å². The number of hydrogen-bond donors (Lipinski definition) is 1. The van der Waals surface area contributed by atoms with Gasteiger partial charge in [0.05, 0.1) is 5.56 Å². The van der Waals surface area contributed by atoms with Crippen molar-refractivity contribution in [2.45, 2.75) is 18.9 Å². The summed E-state index contributed by atoms with van der Waals surface area (Å²) in [6.07, 6.45) is 1.97. The summed E-state index contributed by atoms with van der Waals surface area (Å²) in [6, 6.07) is 1.65. The van der Waals surface area contributed by atoms with E-state index in [-0.39, 0.29) is 27.8 Å². The van der Waals surface area contributed by atoms with E-state index in [9.17, 15) is 4.79 Å². The predicted octanol–water partition coefficient (Wildman–Crippen LogP) is 2.41. The molecular weight excluding hydrogens is 281 g/mol. The summed E-state index contributed by atoms with van der Waals surface area (Å²) in [6.45, 7) is 0. The van der Waals surface area contributed by atoms with Crippen LogP contribution in [0, 0.1) is 0 Å². The summed E-state index contributed by atoms with van der Waals surface area (Å²) >= 11 is 13.4. The first kappa shape index (κ1) is 12.9. The van der Waals surface area contributed by atoms with Crippen LogP contribution in [0.3, 0.4) is 0 Å². The van der Waals surface area contributed by atoms with Crippen LogP contribution in [0.2, 0.25) is 10.3 Å². The molecule has 1 amide bonds. The minimum atomic E-state index is -0.233. The minimum Gasteiger partial charge on any atom is -0.349 e. The Morgan fingerprint density at radius 3 is 2.76 bits per heavy atom. The first-order valence-corrected chi connectivity index (χ1v) is 7.15. The van der Waals surface area contributed by atoms with Crippen molar-refractivity contribution in [3.63, 3.8) is 0 Å². The van der Waals surface area contributed by atoms with E-state index in [4.69, 9.17) is 23.2 Å². The number of thioether (sulfide) groups is 1. The topological polar surface area (TPSA) is 54.9 Å². The summed E-state index contributed by atoms with van der Waals surface area (Å²) < 4.78 is 0. The molecule has 17 heavy (non-hydrogen) atoms. The summed E-state index contributed by atoms with van der Waals surface area (Å²) in [5, 5.41) is 10.4. The molecule has 0 aromatic carbocycles. The van der Waals surface area contributed by atoms with E-state index in [0.29, 0.717) is 0 Å². The van der Waals surface area contributed by atoms with Crippen molar-refractivity contribution in [1.29, 1.82) is 0 Å². The van der Waals surface area contributed by atoms with Crippen LogP contribution < -0.4 is 5.32 Å². The Hall–Kier alpha value is -0.520. The number of hydrogen-bond acceptors (Lipinski definition) is 4. The Morgan fingerprint density at radius 2 is 2.06 bits per heavy atom. The molecule has 4 nitrogen and oxygen atoms in total. The number of aromatic nitrogens is 2. The van der Waals surface area contributed by atoms with Crippen LogP contribution >= 0.6 is 35.0 Å². The molecule has 2 heterocycles. The van der Waals surface area contributed by atoms with Gasteiger partial charge >= 0.3 is 0 Å². The fourth-order valence-electron chi connectivity index (χ4n) is 1.62. The highest BCUT2D eigenvalue weighted by Gasteiger charge is 2.19. The zero-order valence-corrected chi connectivity index (χ0v) is 11.3. The van der Waals surface area contributed by atoms with Gasteiger partial charge in [0.25, 0.3) is 5.91 Å². The lowest BCUT2D eigenvalue weighted by atomic mass is 10.1. The highest BCUT2D eigenvalue weighted by atomic mass is 35.5. The Kier molecular flexibility index (Phi) is 4.48. The SMILES string of the molecule is O=C(NC1CCSCC1)c1cc(Cl)nnc1Cl. The lowest BCUT2D eigenvalue weighted by Gasteiger charge is -2.22. The van der Waals surface area contributed by atoms with E-state index in [1.165, 1.54) is 6.07 Å². The molecule has 0 saturated carbocycles. The molecule has 2 rings (SSSR count). The van der Waals surface area contributed by atoms with Crippen LogP contribution in [0.4, 0.5) is 0 Å². The standard InChI is InChI=1S/C10H11Cl2N3OS/c11-8-5-7(9(12)15-14-8)10(16)13-6-1-3-17-4-2-6/h5-6H,1-4H2,(H,13,16). The van der Waals surface area contributed by atoms with Crippen molar-refractivity contribution < 1.29 is 4.79 Å². The zero-order chi connectivity index (χ0) is 12.3. The van der Waals surface area contributed by atoms with Gasteiger partial charge in [-0.2, -0.15) is 11.8 Å². The second kappa shape index (κ2) is 5.89. The fourth-order valence-corrected chi connectivity index (χ4v) is 3.05. The van der Waals surface area contributed by atoms with Crippen LogP contribution in [-0.2, 0) is 0 Å². The van der Waals surface area contributed by atoms with Gasteiger partial charge in [0.1, 0.15) is 0 Å². The maximum absolute atomic E-state index is 12.0. The van der Waals surface area contributed by atoms with Gasteiger partial charge in [-0.05, 0) is 30.4 Å².